The van der Waals surface area contributed by atoms with Crippen molar-refractivity contribution in [1.82, 2.24) is 15.4 Å². The normalized spacial score (nSPS) is 10.3. The summed E-state index contributed by atoms with van der Waals surface area (Å²) in [6, 6.07) is 16.4. The van der Waals surface area contributed by atoms with Crippen molar-refractivity contribution >= 4 is 11.8 Å². The van der Waals surface area contributed by atoms with Gasteiger partial charge in [-0.1, -0.05) is 18.2 Å². The highest BCUT2D eigenvalue weighted by Crippen LogP contribution is 2.27. The number of nitrogens with zero attached hydrogens (tertiary/aromatic N) is 1. The summed E-state index contributed by atoms with van der Waals surface area (Å²) in [6.07, 6.45) is 4.43. The predicted octanol–water partition coefficient (Wildman–Crippen LogP) is 2.89. The van der Waals surface area contributed by atoms with Crippen LogP contribution in [0, 0.1) is 0 Å². The quantitative estimate of drug-likeness (QED) is 0.605. The molecule has 3 rings (SSSR count). The van der Waals surface area contributed by atoms with Crippen LogP contribution in [0.25, 0.3) is 5.69 Å². The molecule has 1 heterocycles. The van der Waals surface area contributed by atoms with Crippen LogP contribution in [0.1, 0.15) is 22.3 Å². The van der Waals surface area contributed by atoms with Crippen molar-refractivity contribution in [3.8, 4) is 17.2 Å². The fraction of sp³-hybridized carbons (Fsp3) is 0.182. The molecule has 0 saturated heterocycles. The molecule has 0 aliphatic rings. The number of aryl methyl sites for hydroxylation is 1. The molecule has 0 spiro atoms. The fourth-order valence-corrected chi connectivity index (χ4v) is 2.94. The lowest BCUT2D eigenvalue weighted by Crippen LogP contribution is -2.42. The second kappa shape index (κ2) is 9.45. The van der Waals surface area contributed by atoms with Gasteiger partial charge in [-0.25, -0.2) is 0 Å². The van der Waals surface area contributed by atoms with Crippen molar-refractivity contribution in [3.63, 3.8) is 0 Å². The van der Waals surface area contributed by atoms with Gasteiger partial charge in [0.15, 0.2) is 11.5 Å². The van der Waals surface area contributed by atoms with E-state index < -0.39 is 0 Å². The number of hydrogen-bond acceptors (Lipinski definition) is 4. The smallest absolute Gasteiger partial charge is 0.271 e. The first-order valence-corrected chi connectivity index (χ1v) is 9.15. The van der Waals surface area contributed by atoms with Crippen LogP contribution in [-0.4, -0.2) is 30.6 Å². The number of carbonyl (C=O) groups excluding carboxylic acids is 2. The Labute approximate surface area is 169 Å². The number of para-hydroxylation sites is 1. The monoisotopic (exact) mass is 393 g/mol. The molecule has 1 aromatic heterocycles. The molecule has 0 aliphatic carbocycles. The van der Waals surface area contributed by atoms with Crippen molar-refractivity contribution in [2.75, 3.05) is 14.2 Å². The van der Waals surface area contributed by atoms with Crippen molar-refractivity contribution < 1.29 is 19.1 Å². The van der Waals surface area contributed by atoms with Gasteiger partial charge in [-0.15, -0.1) is 0 Å². The lowest BCUT2D eigenvalue weighted by molar-refractivity contribution is -0.121. The number of ether oxygens (including phenoxy) is 2. The molecule has 29 heavy (non-hydrogen) atoms. The van der Waals surface area contributed by atoms with Gasteiger partial charge < -0.3 is 14.0 Å². The lowest BCUT2D eigenvalue weighted by Gasteiger charge is -2.12. The summed E-state index contributed by atoms with van der Waals surface area (Å²) < 4.78 is 12.3. The van der Waals surface area contributed by atoms with Crippen LogP contribution in [0.2, 0.25) is 0 Å². The average Bonchev–Trinajstić information content (AvgIpc) is 3.30. The highest BCUT2D eigenvalue weighted by molar-refractivity contribution is 5.98. The predicted molar refractivity (Wildman–Crippen MR) is 109 cm³/mol. The van der Waals surface area contributed by atoms with Crippen LogP contribution in [0.3, 0.4) is 0 Å². The number of benzene rings is 2. The Kier molecular flexibility index (Phi) is 6.52. The van der Waals surface area contributed by atoms with Crippen molar-refractivity contribution in [3.05, 3.63) is 78.1 Å². The minimum Gasteiger partial charge on any atom is -0.493 e. The van der Waals surface area contributed by atoms with E-state index in [-0.39, 0.29) is 18.2 Å². The molecule has 0 aliphatic heterocycles. The second-order valence-corrected chi connectivity index (χ2v) is 6.30. The minimum absolute atomic E-state index is 0.217. The zero-order valence-electron chi connectivity index (χ0n) is 16.3. The first-order valence-electron chi connectivity index (χ1n) is 9.15. The molecule has 0 saturated carbocycles. The number of amides is 2. The summed E-state index contributed by atoms with van der Waals surface area (Å²) in [4.78, 5) is 24.7. The minimum atomic E-state index is -0.381. The molecule has 0 radical (unpaired) electrons. The molecular weight excluding hydrogens is 370 g/mol. The third-order valence-corrected chi connectivity index (χ3v) is 4.44. The van der Waals surface area contributed by atoms with Gasteiger partial charge in [0.2, 0.25) is 5.91 Å². The average molecular weight is 393 g/mol. The summed E-state index contributed by atoms with van der Waals surface area (Å²) in [5.74, 6) is 0.579. The third-order valence-electron chi connectivity index (χ3n) is 4.44. The molecule has 0 fully saturated rings. The van der Waals surface area contributed by atoms with Gasteiger partial charge in [0.05, 0.1) is 25.5 Å². The highest BCUT2D eigenvalue weighted by Gasteiger charge is 2.13. The van der Waals surface area contributed by atoms with Gasteiger partial charge in [0.1, 0.15) is 0 Å². The number of nitrogens with one attached hydrogen (secondary N) is 2. The van der Waals surface area contributed by atoms with Crippen LogP contribution in [0.5, 0.6) is 11.5 Å². The molecule has 2 N–H and O–H groups in total. The molecule has 150 valence electrons. The molecular formula is C22H23N3O4. The van der Waals surface area contributed by atoms with E-state index in [2.05, 4.69) is 10.9 Å². The van der Waals surface area contributed by atoms with Gasteiger partial charge in [-0.05, 0) is 48.4 Å². The Morgan fingerprint density at radius 3 is 2.34 bits per heavy atom. The summed E-state index contributed by atoms with van der Waals surface area (Å²) in [5, 5.41) is 0. The number of hydrazine groups is 1. The van der Waals surface area contributed by atoms with Gasteiger partial charge >= 0.3 is 0 Å². The van der Waals surface area contributed by atoms with E-state index in [1.54, 1.807) is 32.4 Å². The Balaban J connectivity index is 1.56. The number of rotatable bonds is 7. The molecule has 2 amide bonds. The number of methoxy groups -OCH3 is 2. The molecule has 3 aromatic rings. The maximum absolute atomic E-state index is 12.5. The van der Waals surface area contributed by atoms with Crippen LogP contribution in [0.4, 0.5) is 0 Å². The maximum Gasteiger partial charge on any atom is 0.271 e. The van der Waals surface area contributed by atoms with E-state index >= 15 is 0 Å². The maximum atomic E-state index is 12.5. The summed E-state index contributed by atoms with van der Waals surface area (Å²) >= 11 is 0. The lowest BCUT2D eigenvalue weighted by atomic mass is 10.1. The topological polar surface area (TPSA) is 81.6 Å². The van der Waals surface area contributed by atoms with Gasteiger partial charge in [-0.3, -0.25) is 20.4 Å². The Hall–Kier alpha value is -3.74. The van der Waals surface area contributed by atoms with E-state index in [1.807, 2.05) is 53.4 Å². The van der Waals surface area contributed by atoms with E-state index in [0.717, 1.165) is 11.3 Å². The molecule has 0 bridgehead atoms. The zero-order valence-corrected chi connectivity index (χ0v) is 16.3. The molecule has 0 unspecified atom stereocenters. The molecule has 7 nitrogen and oxygen atoms in total. The number of carbonyl (C=O) groups is 2. The van der Waals surface area contributed by atoms with Crippen molar-refractivity contribution in [1.29, 1.82) is 0 Å². The van der Waals surface area contributed by atoms with Gasteiger partial charge in [0, 0.05) is 18.8 Å². The van der Waals surface area contributed by atoms with Crippen molar-refractivity contribution in [2.24, 2.45) is 0 Å². The number of aromatic nitrogens is 1. The first-order chi connectivity index (χ1) is 14.1. The van der Waals surface area contributed by atoms with Crippen molar-refractivity contribution in [2.45, 2.75) is 12.8 Å². The summed E-state index contributed by atoms with van der Waals surface area (Å²) in [6.45, 7) is 0. The first kappa shape index (κ1) is 20.0. The van der Waals surface area contributed by atoms with E-state index in [9.17, 15) is 9.59 Å². The summed E-state index contributed by atoms with van der Waals surface area (Å²) in [5.41, 5.74) is 7.08. The molecule has 7 heteroatoms. The van der Waals surface area contributed by atoms with Crippen LogP contribution >= 0.6 is 0 Å². The van der Waals surface area contributed by atoms with Crippen LogP contribution < -0.4 is 20.3 Å². The second-order valence-electron chi connectivity index (χ2n) is 6.30. The molecule has 0 atom stereocenters. The number of hydrogen-bond donors (Lipinski definition) is 2. The fourth-order valence-electron chi connectivity index (χ4n) is 2.94. The zero-order chi connectivity index (χ0) is 20.6. The Bertz CT molecular complexity index is 983. The Morgan fingerprint density at radius 1 is 0.897 bits per heavy atom. The van der Waals surface area contributed by atoms with E-state index in [1.165, 1.54) is 0 Å². The third kappa shape index (κ3) is 4.95. The summed E-state index contributed by atoms with van der Waals surface area (Å²) in [7, 11) is 3.14. The standard InChI is InChI=1S/C22H23N3O4/c1-28-19-11-9-16(15-20(19)29-2)10-12-21(26)23-24-22(27)17-7-3-4-8-18(17)25-13-5-6-14-25/h3-9,11,13-15H,10,12H2,1-2H3,(H,23,26)(H,24,27). The van der Waals surface area contributed by atoms with Gasteiger partial charge in [0.25, 0.3) is 5.91 Å². The SMILES string of the molecule is COc1ccc(CCC(=O)NNC(=O)c2ccccc2-n2cccc2)cc1OC. The van der Waals surface area contributed by atoms with E-state index in [4.69, 9.17) is 9.47 Å². The Morgan fingerprint density at radius 2 is 1.62 bits per heavy atom. The van der Waals surface area contributed by atoms with Gasteiger partial charge in [-0.2, -0.15) is 0 Å². The van der Waals surface area contributed by atoms with Crippen LogP contribution in [-0.2, 0) is 11.2 Å². The molecule has 2 aromatic carbocycles. The highest BCUT2D eigenvalue weighted by atomic mass is 16.5. The largest absolute Gasteiger partial charge is 0.493 e. The van der Waals surface area contributed by atoms with E-state index in [0.29, 0.717) is 23.5 Å². The van der Waals surface area contributed by atoms with Crippen LogP contribution in [0.15, 0.2) is 67.0 Å².